The molecule has 1 N–H and O–H groups in total. The van der Waals surface area contributed by atoms with Crippen LogP contribution in [0.15, 0.2) is 42.5 Å². The molecule has 0 saturated carbocycles. The lowest BCUT2D eigenvalue weighted by atomic mass is 10.00. The topological polar surface area (TPSA) is 83.9 Å². The van der Waals surface area contributed by atoms with Crippen LogP contribution in [0.5, 0.6) is 11.5 Å². The van der Waals surface area contributed by atoms with E-state index in [1.165, 1.54) is 6.07 Å². The number of rotatable bonds is 6. The quantitative estimate of drug-likeness (QED) is 0.793. The number of phenolic OH excluding ortho intramolecular Hbond substituents is 1. The molecular formula is C21H21NO5. The third-order valence-electron chi connectivity index (χ3n) is 4.80. The highest BCUT2D eigenvalue weighted by atomic mass is 16.5. The first-order valence-corrected chi connectivity index (χ1v) is 8.91. The largest absolute Gasteiger partial charge is 0.507 e. The average molecular weight is 367 g/mol. The zero-order valence-corrected chi connectivity index (χ0v) is 14.8. The number of hydrogen-bond acceptors (Lipinski definition) is 5. The molecule has 6 heteroatoms. The predicted molar refractivity (Wildman–Crippen MR) is 99.5 cm³/mol. The summed E-state index contributed by atoms with van der Waals surface area (Å²) in [6.45, 7) is 0.792. The minimum Gasteiger partial charge on any atom is -0.507 e. The number of carbonyl (C=O) groups is 3. The van der Waals surface area contributed by atoms with E-state index in [2.05, 4.69) is 0 Å². The summed E-state index contributed by atoms with van der Waals surface area (Å²) in [6, 6.07) is 11.2. The van der Waals surface area contributed by atoms with Gasteiger partial charge in [-0.25, -0.2) is 0 Å². The summed E-state index contributed by atoms with van der Waals surface area (Å²) in [4.78, 5) is 37.2. The van der Waals surface area contributed by atoms with Crippen LogP contribution in [-0.4, -0.2) is 47.7 Å². The van der Waals surface area contributed by atoms with Crippen molar-refractivity contribution < 1.29 is 24.2 Å². The Hall–Kier alpha value is -3.15. The van der Waals surface area contributed by atoms with E-state index in [4.69, 9.17) is 4.74 Å². The van der Waals surface area contributed by atoms with Gasteiger partial charge in [0.05, 0.1) is 17.2 Å². The second kappa shape index (κ2) is 8.49. The summed E-state index contributed by atoms with van der Waals surface area (Å²) in [6.07, 6.45) is 3.86. The Bertz CT molecular complexity index is 848. The molecule has 1 atom stereocenters. The number of carbonyl (C=O) groups excluding carboxylic acids is 3. The van der Waals surface area contributed by atoms with Gasteiger partial charge in [-0.3, -0.25) is 14.4 Å². The van der Waals surface area contributed by atoms with Crippen LogP contribution in [0.2, 0.25) is 0 Å². The number of likely N-dealkylation sites (tertiary alicyclic amines) is 1. The van der Waals surface area contributed by atoms with Gasteiger partial charge in [0.1, 0.15) is 18.1 Å². The first-order chi connectivity index (χ1) is 13.2. The molecule has 0 aromatic heterocycles. The van der Waals surface area contributed by atoms with E-state index < -0.39 is 0 Å². The lowest BCUT2D eigenvalue weighted by Gasteiger charge is -2.36. The van der Waals surface area contributed by atoms with E-state index in [9.17, 15) is 19.5 Å². The number of aromatic hydroxyl groups is 1. The van der Waals surface area contributed by atoms with E-state index >= 15 is 0 Å². The number of benzene rings is 2. The van der Waals surface area contributed by atoms with Gasteiger partial charge in [-0.1, -0.05) is 24.3 Å². The van der Waals surface area contributed by atoms with Crippen molar-refractivity contribution in [3.05, 3.63) is 59.2 Å². The van der Waals surface area contributed by atoms with Crippen LogP contribution in [0.1, 0.15) is 50.3 Å². The van der Waals surface area contributed by atoms with E-state index in [-0.39, 0.29) is 35.6 Å². The minimum atomic E-state index is -0.197. The number of hydrogen-bond donors (Lipinski definition) is 1. The standard InChI is InChI=1S/C21H21NO5/c23-12-15-6-1-2-8-17(15)21(26)22-11-4-3-7-16(22)14-27-20-10-5-9-19(25)18(20)13-24/h1-2,5-6,8-10,12-13,16,25H,3-4,7,11,14H2. The van der Waals surface area contributed by atoms with Gasteiger partial charge in [0.25, 0.3) is 5.91 Å². The van der Waals surface area contributed by atoms with Gasteiger partial charge in [0.2, 0.25) is 0 Å². The fourth-order valence-electron chi connectivity index (χ4n) is 3.35. The molecule has 0 aliphatic carbocycles. The highest BCUT2D eigenvalue weighted by Crippen LogP contribution is 2.27. The molecule has 6 nitrogen and oxygen atoms in total. The maximum atomic E-state index is 13.0. The van der Waals surface area contributed by atoms with Crippen molar-refractivity contribution >= 4 is 18.5 Å². The highest BCUT2D eigenvalue weighted by Gasteiger charge is 2.29. The zero-order valence-electron chi connectivity index (χ0n) is 14.8. The second-order valence-corrected chi connectivity index (χ2v) is 6.47. The van der Waals surface area contributed by atoms with Crippen LogP contribution in [0.4, 0.5) is 0 Å². The minimum absolute atomic E-state index is 0.0949. The van der Waals surface area contributed by atoms with Gasteiger partial charge in [-0.05, 0) is 37.5 Å². The first kappa shape index (κ1) is 18.6. The van der Waals surface area contributed by atoms with Gasteiger partial charge in [0.15, 0.2) is 12.6 Å². The lowest BCUT2D eigenvalue weighted by molar-refractivity contribution is 0.0525. The molecule has 1 amide bonds. The Morgan fingerprint density at radius 1 is 1.11 bits per heavy atom. The van der Waals surface area contributed by atoms with Crippen molar-refractivity contribution in [2.24, 2.45) is 0 Å². The Morgan fingerprint density at radius 3 is 2.70 bits per heavy atom. The molecule has 1 aliphatic rings. The summed E-state index contributed by atoms with van der Waals surface area (Å²) in [7, 11) is 0. The van der Waals surface area contributed by atoms with E-state index in [0.717, 1.165) is 19.3 Å². The molecule has 3 rings (SSSR count). The van der Waals surface area contributed by atoms with Gasteiger partial charge in [-0.15, -0.1) is 0 Å². The summed E-state index contributed by atoms with van der Waals surface area (Å²) < 4.78 is 5.77. The van der Waals surface area contributed by atoms with Crippen molar-refractivity contribution in [3.63, 3.8) is 0 Å². The maximum Gasteiger partial charge on any atom is 0.254 e. The normalized spacial score (nSPS) is 16.6. The van der Waals surface area contributed by atoms with Crippen LogP contribution < -0.4 is 4.74 Å². The Labute approximate surface area is 157 Å². The van der Waals surface area contributed by atoms with Gasteiger partial charge >= 0.3 is 0 Å². The van der Waals surface area contributed by atoms with Gasteiger partial charge < -0.3 is 14.7 Å². The van der Waals surface area contributed by atoms with E-state index in [1.54, 1.807) is 41.3 Å². The Kier molecular flexibility index (Phi) is 5.86. The zero-order chi connectivity index (χ0) is 19.2. The van der Waals surface area contributed by atoms with Crippen LogP contribution >= 0.6 is 0 Å². The molecule has 1 aliphatic heterocycles. The highest BCUT2D eigenvalue weighted by molar-refractivity contribution is 6.01. The molecule has 0 radical (unpaired) electrons. The van der Waals surface area contributed by atoms with Crippen molar-refractivity contribution in [2.75, 3.05) is 13.2 Å². The molecule has 2 aromatic carbocycles. The SMILES string of the molecule is O=Cc1ccccc1C(=O)N1CCCCC1COc1cccc(O)c1C=O. The first-order valence-electron chi connectivity index (χ1n) is 8.91. The molecule has 0 bridgehead atoms. The fourth-order valence-corrected chi connectivity index (χ4v) is 3.35. The summed E-state index contributed by atoms with van der Waals surface area (Å²) in [5.41, 5.74) is 0.840. The molecule has 1 heterocycles. The molecule has 27 heavy (non-hydrogen) atoms. The number of ether oxygens (including phenoxy) is 1. The molecule has 1 unspecified atom stereocenters. The van der Waals surface area contributed by atoms with Crippen LogP contribution in [0.3, 0.4) is 0 Å². The molecule has 1 fully saturated rings. The van der Waals surface area contributed by atoms with Crippen LogP contribution in [0, 0.1) is 0 Å². The number of piperidine rings is 1. The third-order valence-corrected chi connectivity index (χ3v) is 4.80. The van der Waals surface area contributed by atoms with Crippen molar-refractivity contribution in [3.8, 4) is 11.5 Å². The Morgan fingerprint density at radius 2 is 1.93 bits per heavy atom. The molecule has 140 valence electrons. The second-order valence-electron chi connectivity index (χ2n) is 6.47. The average Bonchev–Trinajstić information content (AvgIpc) is 2.72. The maximum absolute atomic E-state index is 13.0. The molecule has 0 spiro atoms. The molecule has 2 aromatic rings. The van der Waals surface area contributed by atoms with Crippen molar-refractivity contribution in [2.45, 2.75) is 25.3 Å². The number of nitrogens with zero attached hydrogens (tertiary/aromatic N) is 1. The summed E-state index contributed by atoms with van der Waals surface area (Å²) >= 11 is 0. The smallest absolute Gasteiger partial charge is 0.254 e. The number of aldehydes is 2. The Balaban J connectivity index is 1.78. The van der Waals surface area contributed by atoms with Gasteiger partial charge in [0, 0.05) is 12.1 Å². The lowest BCUT2D eigenvalue weighted by Crippen LogP contribution is -2.47. The fraction of sp³-hybridized carbons (Fsp3) is 0.286. The summed E-state index contributed by atoms with van der Waals surface area (Å²) in [5, 5.41) is 9.77. The van der Waals surface area contributed by atoms with Crippen LogP contribution in [-0.2, 0) is 0 Å². The number of amides is 1. The number of phenols is 1. The van der Waals surface area contributed by atoms with E-state index in [1.807, 2.05) is 0 Å². The monoisotopic (exact) mass is 367 g/mol. The third kappa shape index (κ3) is 4.00. The van der Waals surface area contributed by atoms with Crippen LogP contribution in [0.25, 0.3) is 0 Å². The van der Waals surface area contributed by atoms with Crippen molar-refractivity contribution in [1.82, 2.24) is 4.90 Å². The van der Waals surface area contributed by atoms with Gasteiger partial charge in [-0.2, -0.15) is 0 Å². The van der Waals surface area contributed by atoms with Crippen molar-refractivity contribution in [1.29, 1.82) is 0 Å². The molecule has 1 saturated heterocycles. The summed E-state index contributed by atoms with van der Waals surface area (Å²) in [5.74, 6) is -0.0484. The molecular weight excluding hydrogens is 346 g/mol. The predicted octanol–water partition coefficient (Wildman–Crippen LogP) is 3.09. The van der Waals surface area contributed by atoms with E-state index in [0.29, 0.717) is 30.2 Å².